The van der Waals surface area contributed by atoms with Gasteiger partial charge in [0, 0.05) is 36.4 Å². The lowest BCUT2D eigenvalue weighted by Gasteiger charge is -2.34. The molecular weight excluding hydrogens is 396 g/mol. The number of hydrogen-bond donors (Lipinski definition) is 0. The highest BCUT2D eigenvalue weighted by molar-refractivity contribution is 7.89. The maximum absolute atomic E-state index is 13.0. The van der Waals surface area contributed by atoms with Crippen LogP contribution in [0, 0.1) is 0 Å². The fourth-order valence-corrected chi connectivity index (χ4v) is 6.41. The minimum atomic E-state index is -3.56. The third-order valence-electron chi connectivity index (χ3n) is 5.51. The maximum atomic E-state index is 13.0. The zero-order chi connectivity index (χ0) is 19.7. The Morgan fingerprint density at radius 1 is 1.04 bits per heavy atom. The van der Waals surface area contributed by atoms with Crippen LogP contribution in [0.1, 0.15) is 33.6 Å². The largest absolute Gasteiger partial charge is 0.497 e. The minimum absolute atomic E-state index is 0.0425. The summed E-state index contributed by atoms with van der Waals surface area (Å²) < 4.78 is 32.3. The standard InChI is InChI=1S/C20H24N2O4S2/c1-26-15-6-8-16(9-7-15)28(24,25)22-12-10-21(11-13-22)20(23)18-14-27-19-5-3-2-4-17(18)19/h6-9,14H,2-5,10-13H2,1H3. The van der Waals surface area contributed by atoms with Crippen molar-refractivity contribution in [2.24, 2.45) is 0 Å². The van der Waals surface area contributed by atoms with E-state index in [-0.39, 0.29) is 10.8 Å². The van der Waals surface area contributed by atoms with E-state index in [4.69, 9.17) is 4.74 Å². The van der Waals surface area contributed by atoms with E-state index in [2.05, 4.69) is 0 Å². The number of ether oxygens (including phenoxy) is 1. The first-order chi connectivity index (χ1) is 13.5. The van der Waals surface area contributed by atoms with Gasteiger partial charge in [0.15, 0.2) is 0 Å². The molecule has 1 aromatic carbocycles. The van der Waals surface area contributed by atoms with E-state index in [0.717, 1.165) is 24.8 Å². The molecule has 1 aliphatic carbocycles. The van der Waals surface area contributed by atoms with Gasteiger partial charge in [-0.15, -0.1) is 11.3 Å². The molecular formula is C20H24N2O4S2. The molecule has 0 atom stereocenters. The van der Waals surface area contributed by atoms with E-state index in [1.54, 1.807) is 47.6 Å². The van der Waals surface area contributed by atoms with Crippen molar-refractivity contribution < 1.29 is 17.9 Å². The highest BCUT2D eigenvalue weighted by Gasteiger charge is 2.32. The van der Waals surface area contributed by atoms with Gasteiger partial charge >= 0.3 is 0 Å². The molecule has 6 nitrogen and oxygen atoms in total. The predicted molar refractivity (Wildman–Crippen MR) is 109 cm³/mol. The van der Waals surface area contributed by atoms with Crippen molar-refractivity contribution in [1.29, 1.82) is 0 Å². The molecule has 0 bridgehead atoms. The minimum Gasteiger partial charge on any atom is -0.497 e. The van der Waals surface area contributed by atoms with Crippen molar-refractivity contribution in [2.45, 2.75) is 30.6 Å². The van der Waals surface area contributed by atoms with E-state index in [1.165, 1.54) is 21.2 Å². The topological polar surface area (TPSA) is 66.9 Å². The van der Waals surface area contributed by atoms with Crippen LogP contribution in [0.15, 0.2) is 34.5 Å². The molecule has 1 amide bonds. The Morgan fingerprint density at radius 2 is 1.71 bits per heavy atom. The van der Waals surface area contributed by atoms with E-state index in [1.807, 2.05) is 5.38 Å². The summed E-state index contributed by atoms with van der Waals surface area (Å²) in [6, 6.07) is 6.41. The van der Waals surface area contributed by atoms with Crippen LogP contribution < -0.4 is 4.74 Å². The van der Waals surface area contributed by atoms with Gasteiger partial charge in [0.1, 0.15) is 5.75 Å². The molecule has 2 aliphatic rings. The van der Waals surface area contributed by atoms with Crippen molar-refractivity contribution in [3.8, 4) is 5.75 Å². The average Bonchev–Trinajstić information content (AvgIpc) is 3.17. The first-order valence-electron chi connectivity index (χ1n) is 9.53. The lowest BCUT2D eigenvalue weighted by Crippen LogP contribution is -2.50. The summed E-state index contributed by atoms with van der Waals surface area (Å²) >= 11 is 1.69. The van der Waals surface area contributed by atoms with Gasteiger partial charge in [0.25, 0.3) is 5.91 Å². The monoisotopic (exact) mass is 420 g/mol. The number of thiophene rings is 1. The molecule has 0 N–H and O–H groups in total. The van der Waals surface area contributed by atoms with E-state index >= 15 is 0 Å². The molecule has 0 radical (unpaired) electrons. The zero-order valence-corrected chi connectivity index (χ0v) is 17.5. The molecule has 0 unspecified atom stereocenters. The van der Waals surface area contributed by atoms with Crippen LogP contribution in [0.3, 0.4) is 0 Å². The van der Waals surface area contributed by atoms with Crippen molar-refractivity contribution in [2.75, 3.05) is 33.3 Å². The fourth-order valence-electron chi connectivity index (χ4n) is 3.87. The molecule has 0 saturated carbocycles. The molecule has 4 rings (SSSR count). The number of piperazine rings is 1. The van der Waals surface area contributed by atoms with E-state index in [0.29, 0.717) is 31.9 Å². The molecule has 150 valence electrons. The number of nitrogens with zero attached hydrogens (tertiary/aromatic N) is 2. The first-order valence-corrected chi connectivity index (χ1v) is 11.9. The van der Waals surface area contributed by atoms with Crippen molar-refractivity contribution in [3.63, 3.8) is 0 Å². The van der Waals surface area contributed by atoms with Crippen molar-refractivity contribution in [3.05, 3.63) is 45.6 Å². The molecule has 2 aromatic rings. The van der Waals surface area contributed by atoms with E-state index in [9.17, 15) is 13.2 Å². The van der Waals surface area contributed by atoms with Crippen LogP contribution in [0.2, 0.25) is 0 Å². The van der Waals surface area contributed by atoms with Crippen molar-refractivity contribution >= 4 is 27.3 Å². The third-order valence-corrected chi connectivity index (χ3v) is 8.52. The Labute approximate surface area is 169 Å². The summed E-state index contributed by atoms with van der Waals surface area (Å²) in [6.07, 6.45) is 4.38. The van der Waals surface area contributed by atoms with Crippen LogP contribution in [0.25, 0.3) is 0 Å². The third kappa shape index (κ3) is 3.56. The van der Waals surface area contributed by atoms with Crippen molar-refractivity contribution in [1.82, 2.24) is 9.21 Å². The van der Waals surface area contributed by atoms with Gasteiger partial charge in [-0.2, -0.15) is 4.31 Å². The molecule has 1 aromatic heterocycles. The first kappa shape index (κ1) is 19.4. The Bertz CT molecular complexity index is 959. The number of methoxy groups -OCH3 is 1. The number of fused-ring (bicyclic) bond motifs is 1. The number of rotatable bonds is 4. The number of amides is 1. The lowest BCUT2D eigenvalue weighted by atomic mass is 9.95. The molecule has 8 heteroatoms. The molecule has 28 heavy (non-hydrogen) atoms. The number of hydrogen-bond acceptors (Lipinski definition) is 5. The normalized spacial score (nSPS) is 18.0. The van der Waals surface area contributed by atoms with E-state index < -0.39 is 10.0 Å². The fraction of sp³-hybridized carbons (Fsp3) is 0.450. The SMILES string of the molecule is COc1ccc(S(=O)(=O)N2CCN(C(=O)c3csc4c3CCCC4)CC2)cc1. The predicted octanol–water partition coefficient (Wildman–Crippen LogP) is 2.78. The second kappa shape index (κ2) is 7.85. The van der Waals surface area contributed by atoms with Crippen LogP contribution >= 0.6 is 11.3 Å². The summed E-state index contributed by atoms with van der Waals surface area (Å²) in [4.78, 5) is 16.4. The number of carbonyl (C=O) groups is 1. The summed E-state index contributed by atoms with van der Waals surface area (Å²) in [5.41, 5.74) is 2.04. The Kier molecular flexibility index (Phi) is 5.44. The van der Waals surface area contributed by atoms with Crippen LogP contribution in [0.5, 0.6) is 5.75 Å². The highest BCUT2D eigenvalue weighted by Crippen LogP contribution is 2.31. The number of aryl methyl sites for hydroxylation is 1. The van der Waals surface area contributed by atoms with Crippen LogP contribution in [0.4, 0.5) is 0 Å². The number of carbonyl (C=O) groups excluding carboxylic acids is 1. The Balaban J connectivity index is 1.44. The summed E-state index contributed by atoms with van der Waals surface area (Å²) in [5.74, 6) is 0.661. The average molecular weight is 421 g/mol. The van der Waals surface area contributed by atoms with Gasteiger partial charge in [-0.3, -0.25) is 4.79 Å². The van der Waals surface area contributed by atoms with Gasteiger partial charge < -0.3 is 9.64 Å². The molecule has 2 heterocycles. The molecule has 1 fully saturated rings. The van der Waals surface area contributed by atoms with Crippen LogP contribution in [-0.2, 0) is 22.9 Å². The lowest BCUT2D eigenvalue weighted by molar-refractivity contribution is 0.0697. The molecule has 1 saturated heterocycles. The highest BCUT2D eigenvalue weighted by atomic mass is 32.2. The van der Waals surface area contributed by atoms with Gasteiger partial charge in [-0.25, -0.2) is 8.42 Å². The molecule has 0 spiro atoms. The Hall–Kier alpha value is -1.90. The summed E-state index contributed by atoms with van der Waals surface area (Å²) in [7, 11) is -2.02. The zero-order valence-electron chi connectivity index (χ0n) is 15.9. The quantitative estimate of drug-likeness (QED) is 0.763. The summed E-state index contributed by atoms with van der Waals surface area (Å²) in [5, 5.41) is 1.98. The van der Waals surface area contributed by atoms with Gasteiger partial charge in [0.05, 0.1) is 17.6 Å². The van der Waals surface area contributed by atoms with Gasteiger partial charge in [-0.1, -0.05) is 0 Å². The smallest absolute Gasteiger partial charge is 0.255 e. The summed E-state index contributed by atoms with van der Waals surface area (Å²) in [6.45, 7) is 1.45. The maximum Gasteiger partial charge on any atom is 0.255 e. The van der Waals surface area contributed by atoms with Gasteiger partial charge in [-0.05, 0) is 55.5 Å². The number of benzene rings is 1. The Morgan fingerprint density at radius 3 is 2.39 bits per heavy atom. The second-order valence-electron chi connectivity index (χ2n) is 7.13. The van der Waals surface area contributed by atoms with Gasteiger partial charge in [0.2, 0.25) is 10.0 Å². The molecule has 1 aliphatic heterocycles. The second-order valence-corrected chi connectivity index (χ2v) is 10.0. The van der Waals surface area contributed by atoms with Crippen LogP contribution in [-0.4, -0.2) is 56.8 Å². The number of sulfonamides is 1.